The topological polar surface area (TPSA) is 103 Å². The molecule has 2 aromatic rings. The van der Waals surface area contributed by atoms with Gasteiger partial charge in [0.1, 0.15) is 6.04 Å². The zero-order valence-corrected chi connectivity index (χ0v) is 22.3. The molecular weight excluding hydrogens is 468 g/mol. The standard InChI is InChI=1S/C29H40N4O4/c1-22(2)15-17-28(35)33(26(29(36)31-37)14-8-12-24-10-6-5-7-11-24)32(21-23(3)4)27(34)18-16-25-13-9-19-30-20-25/h5-13,19-20,22-23,26,37H,14-18,21H2,1-4H3,(H,31,36)/t26-/m0/s1. The second kappa shape index (κ2) is 15.6. The number of pyridine rings is 1. The van der Waals surface area contributed by atoms with Gasteiger partial charge in [-0.15, -0.1) is 0 Å². The first kappa shape index (κ1) is 29.7. The SMILES string of the molecule is CC(C)CCC(=O)N([C@@H](CC=Cc1ccccc1)C(=O)NO)N(CC(C)C)C(=O)CCc1cccnc1. The average Bonchev–Trinajstić information content (AvgIpc) is 2.89. The number of hydrazine groups is 1. The lowest BCUT2D eigenvalue weighted by Crippen LogP contribution is -2.59. The number of hydrogen-bond donors (Lipinski definition) is 2. The molecule has 2 N–H and O–H groups in total. The van der Waals surface area contributed by atoms with Gasteiger partial charge in [-0.1, -0.05) is 76.2 Å². The number of benzene rings is 1. The largest absolute Gasteiger partial charge is 0.289 e. The fraction of sp³-hybridized carbons (Fsp3) is 0.448. The van der Waals surface area contributed by atoms with E-state index in [0.29, 0.717) is 12.8 Å². The highest BCUT2D eigenvalue weighted by Gasteiger charge is 2.36. The van der Waals surface area contributed by atoms with Crippen molar-refractivity contribution in [2.45, 2.75) is 65.8 Å². The quantitative estimate of drug-likeness (QED) is 0.303. The summed E-state index contributed by atoms with van der Waals surface area (Å²) in [6.45, 7) is 8.20. The van der Waals surface area contributed by atoms with E-state index in [-0.39, 0.29) is 49.5 Å². The first-order chi connectivity index (χ1) is 17.7. The lowest BCUT2D eigenvalue weighted by molar-refractivity contribution is -0.175. The molecular formula is C29H40N4O4. The van der Waals surface area contributed by atoms with Crippen LogP contribution in [0.2, 0.25) is 0 Å². The van der Waals surface area contributed by atoms with Crippen LogP contribution in [0.5, 0.6) is 0 Å². The lowest BCUT2D eigenvalue weighted by Gasteiger charge is -2.40. The molecule has 37 heavy (non-hydrogen) atoms. The molecule has 8 heteroatoms. The Kier molecular flexibility index (Phi) is 12.5. The second-order valence-electron chi connectivity index (χ2n) is 9.94. The molecule has 1 atom stereocenters. The van der Waals surface area contributed by atoms with Crippen LogP contribution in [-0.2, 0) is 20.8 Å². The molecule has 3 amide bonds. The highest BCUT2D eigenvalue weighted by Crippen LogP contribution is 2.19. The first-order valence-electron chi connectivity index (χ1n) is 12.9. The van der Waals surface area contributed by atoms with Gasteiger partial charge in [-0.2, -0.15) is 0 Å². The third-order valence-corrected chi connectivity index (χ3v) is 5.80. The van der Waals surface area contributed by atoms with Crippen molar-refractivity contribution in [1.29, 1.82) is 0 Å². The molecule has 0 aliphatic rings. The van der Waals surface area contributed by atoms with Crippen molar-refractivity contribution in [1.82, 2.24) is 20.5 Å². The van der Waals surface area contributed by atoms with E-state index in [1.807, 2.05) is 76.2 Å². The zero-order chi connectivity index (χ0) is 27.2. The fourth-order valence-corrected chi connectivity index (χ4v) is 3.88. The van der Waals surface area contributed by atoms with E-state index in [4.69, 9.17) is 0 Å². The summed E-state index contributed by atoms with van der Waals surface area (Å²) in [4.78, 5) is 44.1. The van der Waals surface area contributed by atoms with Crippen LogP contribution >= 0.6 is 0 Å². The Bertz CT molecular complexity index is 1010. The van der Waals surface area contributed by atoms with Crippen molar-refractivity contribution >= 4 is 23.8 Å². The van der Waals surface area contributed by atoms with Crippen molar-refractivity contribution in [3.63, 3.8) is 0 Å². The fourth-order valence-electron chi connectivity index (χ4n) is 3.88. The number of aryl methyl sites for hydroxylation is 1. The molecule has 0 saturated heterocycles. The molecule has 0 saturated carbocycles. The van der Waals surface area contributed by atoms with Gasteiger partial charge in [0.15, 0.2) is 0 Å². The molecule has 0 unspecified atom stereocenters. The predicted molar refractivity (Wildman–Crippen MR) is 144 cm³/mol. The van der Waals surface area contributed by atoms with Gasteiger partial charge in [-0.05, 0) is 48.3 Å². The van der Waals surface area contributed by atoms with Gasteiger partial charge in [0.2, 0.25) is 11.8 Å². The Balaban J connectivity index is 2.39. The summed E-state index contributed by atoms with van der Waals surface area (Å²) in [6, 6.07) is 12.2. The second-order valence-corrected chi connectivity index (χ2v) is 9.94. The highest BCUT2D eigenvalue weighted by molar-refractivity contribution is 5.89. The van der Waals surface area contributed by atoms with E-state index >= 15 is 0 Å². The van der Waals surface area contributed by atoms with Crippen molar-refractivity contribution in [3.8, 4) is 0 Å². The van der Waals surface area contributed by atoms with E-state index in [2.05, 4.69) is 4.98 Å². The van der Waals surface area contributed by atoms with Crippen LogP contribution in [0.25, 0.3) is 6.08 Å². The van der Waals surface area contributed by atoms with Crippen LogP contribution in [0.15, 0.2) is 60.9 Å². The zero-order valence-electron chi connectivity index (χ0n) is 22.3. The minimum atomic E-state index is -1.09. The van der Waals surface area contributed by atoms with E-state index in [9.17, 15) is 19.6 Å². The third kappa shape index (κ3) is 10.2. The maximum absolute atomic E-state index is 13.6. The molecule has 2 rings (SSSR count). The van der Waals surface area contributed by atoms with Crippen LogP contribution in [-0.4, -0.2) is 50.5 Å². The van der Waals surface area contributed by atoms with Gasteiger partial charge in [0, 0.05) is 31.8 Å². The number of hydrogen-bond acceptors (Lipinski definition) is 5. The molecule has 0 aliphatic carbocycles. The van der Waals surface area contributed by atoms with Crippen LogP contribution in [0.4, 0.5) is 0 Å². The van der Waals surface area contributed by atoms with Gasteiger partial charge < -0.3 is 0 Å². The minimum absolute atomic E-state index is 0.0421. The van der Waals surface area contributed by atoms with E-state index in [0.717, 1.165) is 11.1 Å². The molecule has 1 aromatic heterocycles. The van der Waals surface area contributed by atoms with E-state index < -0.39 is 11.9 Å². The summed E-state index contributed by atoms with van der Waals surface area (Å²) in [7, 11) is 0. The van der Waals surface area contributed by atoms with Gasteiger partial charge in [0.05, 0.1) is 0 Å². The molecule has 0 spiro atoms. The summed E-state index contributed by atoms with van der Waals surface area (Å²) in [6.07, 6.45) is 8.55. The van der Waals surface area contributed by atoms with Crippen molar-refractivity contribution in [2.24, 2.45) is 11.8 Å². The van der Waals surface area contributed by atoms with E-state index in [1.165, 1.54) is 10.0 Å². The Labute approximate surface area is 220 Å². The number of carbonyl (C=O) groups excluding carboxylic acids is 3. The first-order valence-corrected chi connectivity index (χ1v) is 12.9. The molecule has 0 aliphatic heterocycles. The van der Waals surface area contributed by atoms with Gasteiger partial charge in [-0.25, -0.2) is 10.5 Å². The van der Waals surface area contributed by atoms with Crippen LogP contribution in [0.3, 0.4) is 0 Å². The molecule has 0 fully saturated rings. The Morgan fingerprint density at radius 1 is 0.973 bits per heavy atom. The summed E-state index contributed by atoms with van der Waals surface area (Å²) in [5.41, 5.74) is 3.56. The van der Waals surface area contributed by atoms with Crippen molar-refractivity contribution in [3.05, 3.63) is 72.1 Å². The van der Waals surface area contributed by atoms with Gasteiger partial charge >= 0.3 is 0 Å². The van der Waals surface area contributed by atoms with E-state index in [1.54, 1.807) is 23.9 Å². The summed E-state index contributed by atoms with van der Waals surface area (Å²) in [5, 5.41) is 12.2. The highest BCUT2D eigenvalue weighted by atomic mass is 16.5. The Hall–Kier alpha value is -3.52. The van der Waals surface area contributed by atoms with Crippen molar-refractivity contribution < 1.29 is 19.6 Å². The van der Waals surface area contributed by atoms with Crippen LogP contribution in [0, 0.1) is 11.8 Å². The number of rotatable bonds is 13. The minimum Gasteiger partial charge on any atom is -0.289 e. The summed E-state index contributed by atoms with van der Waals surface area (Å²) >= 11 is 0. The van der Waals surface area contributed by atoms with Gasteiger partial charge in [0.25, 0.3) is 5.91 Å². The number of aromatic nitrogens is 1. The Morgan fingerprint density at radius 3 is 2.30 bits per heavy atom. The summed E-state index contributed by atoms with van der Waals surface area (Å²) in [5.74, 6) is -1.03. The molecule has 1 aromatic carbocycles. The third-order valence-electron chi connectivity index (χ3n) is 5.80. The average molecular weight is 509 g/mol. The van der Waals surface area contributed by atoms with Crippen LogP contribution in [0.1, 0.15) is 64.5 Å². The maximum Gasteiger partial charge on any atom is 0.268 e. The Morgan fingerprint density at radius 2 is 1.70 bits per heavy atom. The number of nitrogens with zero attached hydrogens (tertiary/aromatic N) is 3. The predicted octanol–water partition coefficient (Wildman–Crippen LogP) is 4.66. The van der Waals surface area contributed by atoms with Crippen LogP contribution < -0.4 is 5.48 Å². The molecule has 8 nitrogen and oxygen atoms in total. The maximum atomic E-state index is 13.6. The molecule has 0 radical (unpaired) electrons. The lowest BCUT2D eigenvalue weighted by atomic mass is 10.1. The summed E-state index contributed by atoms with van der Waals surface area (Å²) < 4.78 is 0. The number of amides is 3. The molecule has 1 heterocycles. The van der Waals surface area contributed by atoms with Crippen molar-refractivity contribution in [2.75, 3.05) is 6.54 Å². The smallest absolute Gasteiger partial charge is 0.268 e. The van der Waals surface area contributed by atoms with Gasteiger partial charge in [-0.3, -0.25) is 29.6 Å². The molecule has 0 bridgehead atoms. The number of carbonyl (C=O) groups is 3. The molecule has 200 valence electrons. The normalized spacial score (nSPS) is 12.1. The number of nitrogens with one attached hydrogen (secondary N) is 1. The number of hydroxylamine groups is 1. The monoisotopic (exact) mass is 508 g/mol.